The largest absolute Gasteiger partial charge is 0.481 e. The number of aliphatic carboxylic acids is 5. The summed E-state index contributed by atoms with van der Waals surface area (Å²) >= 11 is 0. The van der Waals surface area contributed by atoms with Crippen LogP contribution < -0.4 is 5.32 Å². The second-order valence-electron chi connectivity index (χ2n) is 12.7. The third-order valence-corrected chi connectivity index (χ3v) is 9.84. The fraction of sp³-hybridized carbons (Fsp3) is 0.767. The number of carboxylic acids is 5. The van der Waals surface area contributed by atoms with Gasteiger partial charge >= 0.3 is 37.4 Å². The minimum absolute atomic E-state index is 0.176. The van der Waals surface area contributed by atoms with Crippen LogP contribution in [0.4, 0.5) is 0 Å². The second kappa shape index (κ2) is 23.1. The Kier molecular flexibility index (Phi) is 20.6. The smallest absolute Gasteiger partial charge is 0.328 e. The zero-order valence-electron chi connectivity index (χ0n) is 29.1. The Balaban J connectivity index is 2.73. The Bertz CT molecular complexity index is 1250. The number of Topliss-reactive ketones (excluding diaryl/α,β-unsaturated/α-hetero) is 1. The predicted molar refractivity (Wildman–Crippen MR) is 178 cm³/mol. The molecule has 3 unspecified atom stereocenters. The quantitative estimate of drug-likeness (QED) is 0.0634. The molecule has 0 spiro atoms. The van der Waals surface area contributed by atoms with Crippen LogP contribution >= 0.6 is 7.60 Å². The van der Waals surface area contributed by atoms with Crippen molar-refractivity contribution in [3.05, 3.63) is 0 Å². The maximum absolute atomic E-state index is 12.9. The number of nitrogens with zero attached hydrogens (tertiary/aromatic N) is 4. The van der Waals surface area contributed by atoms with E-state index in [-0.39, 0.29) is 19.5 Å². The molecule has 0 saturated carbocycles. The number of nitrogens with one attached hydrogen (secondary N) is 1. The first-order valence-electron chi connectivity index (χ1n) is 16.5. The fourth-order valence-electron chi connectivity index (χ4n) is 5.16. The second-order valence-corrected chi connectivity index (χ2v) is 14.6. The van der Waals surface area contributed by atoms with Crippen LogP contribution in [-0.2, 0) is 42.7 Å². The highest BCUT2D eigenvalue weighted by Gasteiger charge is 2.32. The van der Waals surface area contributed by atoms with Gasteiger partial charge in [0, 0.05) is 71.6 Å². The van der Waals surface area contributed by atoms with E-state index in [4.69, 9.17) is 9.63 Å². The Labute approximate surface area is 295 Å². The van der Waals surface area contributed by atoms with Gasteiger partial charge in [0.25, 0.3) is 0 Å². The predicted octanol–water partition coefficient (Wildman–Crippen LogP) is -1.28. The molecule has 1 amide bonds. The molecule has 51 heavy (non-hydrogen) atoms. The Morgan fingerprint density at radius 2 is 1.18 bits per heavy atom. The van der Waals surface area contributed by atoms with E-state index < -0.39 is 112 Å². The van der Waals surface area contributed by atoms with E-state index in [1.165, 1.54) is 0 Å². The van der Waals surface area contributed by atoms with Gasteiger partial charge in [0.05, 0.1) is 37.7 Å². The van der Waals surface area contributed by atoms with E-state index in [9.17, 15) is 63.4 Å². The lowest BCUT2D eigenvalue weighted by Crippen LogP contribution is -2.49. The van der Waals surface area contributed by atoms with Crippen molar-refractivity contribution < 1.29 is 73.1 Å². The zero-order valence-corrected chi connectivity index (χ0v) is 29.9. The minimum atomic E-state index is -4.56. The molecule has 1 rings (SSSR count). The van der Waals surface area contributed by atoms with Crippen LogP contribution in [0.2, 0.25) is 0 Å². The lowest BCUT2D eigenvalue weighted by Gasteiger charge is -2.31. The van der Waals surface area contributed by atoms with Gasteiger partial charge in [-0.2, -0.15) is 0 Å². The molecule has 4 atom stereocenters. The van der Waals surface area contributed by atoms with Crippen molar-refractivity contribution in [1.82, 2.24) is 24.9 Å². The number of hydrogen-bond donors (Lipinski definition) is 7. The van der Waals surface area contributed by atoms with Gasteiger partial charge in [0.15, 0.2) is 0 Å². The highest BCUT2D eigenvalue weighted by molar-refractivity contribution is 7.52. The number of amides is 1. The topological polar surface area (TPSA) is 292 Å². The van der Waals surface area contributed by atoms with Gasteiger partial charge in [0.1, 0.15) is 11.8 Å². The maximum atomic E-state index is 12.9. The average Bonchev–Trinajstić information content (AvgIpc) is 3.01. The SMILES string of the molecule is CN1CCN(C)CCN(CC(=O)N[C@@H](CCC(=O)CC(CCOP(=O)(O)CC(CCC(=O)O)C(=O)O)C(=O)O)C(=O)O)CCN(CC(=O)O)CC1. The third-order valence-electron chi connectivity index (χ3n) is 8.35. The Morgan fingerprint density at radius 1 is 0.667 bits per heavy atom. The minimum Gasteiger partial charge on any atom is -0.481 e. The van der Waals surface area contributed by atoms with Crippen LogP contribution in [0.25, 0.3) is 0 Å². The van der Waals surface area contributed by atoms with Crippen molar-refractivity contribution in [2.45, 2.75) is 44.6 Å². The summed E-state index contributed by atoms with van der Waals surface area (Å²) in [5.74, 6) is -10.8. The molecule has 0 aromatic rings. The maximum Gasteiger partial charge on any atom is 0.328 e. The Morgan fingerprint density at radius 3 is 1.67 bits per heavy atom. The molecule has 0 aromatic carbocycles. The molecule has 0 aromatic heterocycles. The monoisotopic (exact) mass is 753 g/mol. The zero-order chi connectivity index (χ0) is 38.7. The number of carbonyl (C=O) groups is 7. The molecule has 292 valence electrons. The number of carboxylic acid groups (broad SMARTS) is 5. The normalized spacial score (nSPS) is 19.0. The van der Waals surface area contributed by atoms with E-state index in [0.717, 1.165) is 13.1 Å². The van der Waals surface area contributed by atoms with Crippen LogP contribution in [0.3, 0.4) is 0 Å². The van der Waals surface area contributed by atoms with E-state index in [0.29, 0.717) is 39.3 Å². The first-order chi connectivity index (χ1) is 23.8. The highest BCUT2D eigenvalue weighted by atomic mass is 31.2. The van der Waals surface area contributed by atoms with Crippen molar-refractivity contribution in [1.29, 1.82) is 0 Å². The van der Waals surface area contributed by atoms with Crippen LogP contribution in [0, 0.1) is 11.8 Å². The molecule has 21 heteroatoms. The Hall–Kier alpha value is -3.52. The molecular weight excluding hydrogens is 701 g/mol. The molecule has 0 radical (unpaired) electrons. The summed E-state index contributed by atoms with van der Waals surface area (Å²) in [6.45, 7) is 3.40. The molecule has 7 N–H and O–H groups in total. The van der Waals surface area contributed by atoms with E-state index in [1.54, 1.807) is 9.80 Å². The first-order valence-corrected chi connectivity index (χ1v) is 18.3. The average molecular weight is 754 g/mol. The van der Waals surface area contributed by atoms with Crippen LogP contribution in [0.5, 0.6) is 0 Å². The van der Waals surface area contributed by atoms with E-state index in [2.05, 4.69) is 15.1 Å². The van der Waals surface area contributed by atoms with Gasteiger partial charge in [-0.25, -0.2) is 4.79 Å². The summed E-state index contributed by atoms with van der Waals surface area (Å²) in [6, 6.07) is -1.47. The third kappa shape index (κ3) is 20.8. The molecule has 0 bridgehead atoms. The molecule has 1 heterocycles. The molecule has 20 nitrogen and oxygen atoms in total. The van der Waals surface area contributed by atoms with Crippen molar-refractivity contribution in [3.63, 3.8) is 0 Å². The van der Waals surface area contributed by atoms with Gasteiger partial charge in [-0.05, 0) is 33.4 Å². The summed E-state index contributed by atoms with van der Waals surface area (Å²) in [7, 11) is -0.675. The van der Waals surface area contributed by atoms with Gasteiger partial charge in [-0.15, -0.1) is 0 Å². The lowest BCUT2D eigenvalue weighted by molar-refractivity contribution is -0.145. The number of rotatable bonds is 22. The van der Waals surface area contributed by atoms with E-state index in [1.807, 2.05) is 14.1 Å². The van der Waals surface area contributed by atoms with Crippen molar-refractivity contribution in [3.8, 4) is 0 Å². The van der Waals surface area contributed by atoms with Crippen molar-refractivity contribution in [2.24, 2.45) is 11.8 Å². The number of likely N-dealkylation sites (N-methyl/N-ethyl adjacent to an activating group) is 2. The van der Waals surface area contributed by atoms with Gasteiger partial charge < -0.3 is 50.1 Å². The van der Waals surface area contributed by atoms with Gasteiger partial charge in [-0.1, -0.05) is 0 Å². The van der Waals surface area contributed by atoms with Crippen LogP contribution in [0.15, 0.2) is 0 Å². The molecule has 0 aliphatic carbocycles. The van der Waals surface area contributed by atoms with Crippen molar-refractivity contribution in [2.75, 3.05) is 92.3 Å². The van der Waals surface area contributed by atoms with Crippen LogP contribution in [-0.4, -0.2) is 190 Å². The summed E-state index contributed by atoms with van der Waals surface area (Å²) in [5.41, 5.74) is 0. The first kappa shape index (κ1) is 45.5. The molecule has 1 fully saturated rings. The fourth-order valence-corrected chi connectivity index (χ4v) is 6.55. The highest BCUT2D eigenvalue weighted by Crippen LogP contribution is 2.45. The van der Waals surface area contributed by atoms with Gasteiger partial charge in [0.2, 0.25) is 5.91 Å². The molecule has 1 aliphatic rings. The number of ketones is 1. The standard InChI is InChI=1S/C30H52N5O15P/c1-32-8-9-33(2)11-13-35(19-27(40)41)15-14-34(12-10-32)18-25(37)31-24(30(46)47)5-4-23(36)17-21(28(42)43)7-16-50-51(48,49)20-22(29(44)45)3-6-26(38)39/h21-22,24H,3-20H2,1-2H3,(H,31,37)(H,38,39)(H,40,41)(H,42,43)(H,44,45)(H,46,47)(H,48,49)/t21?,22?,24-/m0/s1. The summed E-state index contributed by atoms with van der Waals surface area (Å²) < 4.78 is 17.2. The summed E-state index contributed by atoms with van der Waals surface area (Å²) in [5, 5.41) is 48.9. The summed E-state index contributed by atoms with van der Waals surface area (Å²) in [4.78, 5) is 100. The van der Waals surface area contributed by atoms with Crippen LogP contribution in [0.1, 0.15) is 38.5 Å². The number of hydrogen-bond acceptors (Lipinski definition) is 13. The van der Waals surface area contributed by atoms with Crippen molar-refractivity contribution >= 4 is 49.1 Å². The number of carbonyl (C=O) groups excluding carboxylic acids is 2. The summed E-state index contributed by atoms with van der Waals surface area (Å²) in [6.07, 6.45) is -3.62. The molecule has 1 saturated heterocycles. The molecule has 1 aliphatic heterocycles. The lowest BCUT2D eigenvalue weighted by atomic mass is 9.96. The van der Waals surface area contributed by atoms with Gasteiger partial charge in [-0.3, -0.25) is 43.1 Å². The van der Waals surface area contributed by atoms with E-state index >= 15 is 0 Å². The molecular formula is C30H52N5O15P.